The van der Waals surface area contributed by atoms with Gasteiger partial charge in [0.1, 0.15) is 5.75 Å². The van der Waals surface area contributed by atoms with Crippen LogP contribution in [0.3, 0.4) is 0 Å². The summed E-state index contributed by atoms with van der Waals surface area (Å²) >= 11 is 9.54. The number of ether oxygens (including phenoxy) is 1. The zero-order valence-electron chi connectivity index (χ0n) is 10.5. The minimum Gasteiger partial charge on any atom is -0.496 e. The van der Waals surface area contributed by atoms with Crippen molar-refractivity contribution in [3.05, 3.63) is 28.8 Å². The molecular weight excluding hydrogens is 302 g/mol. The summed E-state index contributed by atoms with van der Waals surface area (Å²) in [5.74, 6) is 0.876. The summed E-state index contributed by atoms with van der Waals surface area (Å²) in [5.41, 5.74) is 1.09. The fraction of sp³-hybridized carbons (Fsp3) is 0.538. The van der Waals surface area contributed by atoms with Crippen LogP contribution in [0, 0.1) is 0 Å². The summed E-state index contributed by atoms with van der Waals surface area (Å²) in [6.07, 6.45) is 1.09. The van der Waals surface area contributed by atoms with Gasteiger partial charge in [0.2, 0.25) is 0 Å². The summed E-state index contributed by atoms with van der Waals surface area (Å²) in [4.78, 5) is 0.520. The van der Waals surface area contributed by atoms with Crippen molar-refractivity contribution in [1.82, 2.24) is 5.32 Å². The second-order valence-electron chi connectivity index (χ2n) is 4.25. The number of hydrogen-bond acceptors (Lipinski definition) is 2. The van der Waals surface area contributed by atoms with E-state index in [2.05, 4.69) is 35.1 Å². The van der Waals surface area contributed by atoms with Crippen LogP contribution in [-0.4, -0.2) is 18.0 Å². The minimum absolute atomic E-state index is 0.452. The first-order valence-corrected chi connectivity index (χ1v) is 7.02. The number of methoxy groups -OCH3 is 1. The molecule has 0 amide bonds. The van der Waals surface area contributed by atoms with Gasteiger partial charge in [0.25, 0.3) is 0 Å². The largest absolute Gasteiger partial charge is 0.496 e. The maximum Gasteiger partial charge on any atom is 0.123 e. The van der Waals surface area contributed by atoms with Gasteiger partial charge in [-0.05, 0) is 31.5 Å². The Bertz CT molecular complexity index is 357. The second kappa shape index (κ2) is 7.24. The lowest BCUT2D eigenvalue weighted by Crippen LogP contribution is -2.27. The predicted molar refractivity (Wildman–Crippen MR) is 77.3 cm³/mol. The van der Waals surface area contributed by atoms with Crippen molar-refractivity contribution in [3.8, 4) is 5.75 Å². The van der Waals surface area contributed by atoms with Crippen molar-refractivity contribution in [2.24, 2.45) is 0 Å². The highest BCUT2D eigenvalue weighted by Crippen LogP contribution is 2.22. The van der Waals surface area contributed by atoms with Crippen LogP contribution in [0.5, 0.6) is 5.75 Å². The van der Waals surface area contributed by atoms with Gasteiger partial charge in [-0.2, -0.15) is 0 Å². The fourth-order valence-corrected chi connectivity index (χ4v) is 2.50. The molecule has 4 heteroatoms. The van der Waals surface area contributed by atoms with E-state index >= 15 is 0 Å². The zero-order valence-corrected chi connectivity index (χ0v) is 12.8. The number of hydrogen-bond donors (Lipinski definition) is 1. The van der Waals surface area contributed by atoms with Crippen LogP contribution in [0.1, 0.15) is 25.8 Å². The van der Waals surface area contributed by atoms with Gasteiger partial charge in [-0.15, -0.1) is 0 Å². The molecule has 96 valence electrons. The molecule has 0 spiro atoms. The number of benzene rings is 1. The maximum absolute atomic E-state index is 5.98. The summed E-state index contributed by atoms with van der Waals surface area (Å²) in [6, 6.07) is 6.14. The molecule has 0 aliphatic carbocycles. The first-order valence-electron chi connectivity index (χ1n) is 5.72. The third-order valence-electron chi connectivity index (χ3n) is 2.56. The predicted octanol–water partition coefficient (Wildman–Crippen LogP) is 4.00. The molecule has 2 unspecified atom stereocenters. The Morgan fingerprint density at radius 1 is 1.41 bits per heavy atom. The molecule has 0 fully saturated rings. The smallest absolute Gasteiger partial charge is 0.123 e. The van der Waals surface area contributed by atoms with E-state index < -0.39 is 0 Å². The molecule has 2 nitrogen and oxygen atoms in total. The van der Waals surface area contributed by atoms with Gasteiger partial charge in [0.15, 0.2) is 0 Å². The van der Waals surface area contributed by atoms with Crippen LogP contribution < -0.4 is 10.1 Å². The average molecular weight is 321 g/mol. The molecule has 0 aliphatic rings. The molecular formula is C13H19BrClNO. The standard InChI is InChI=1S/C13H19BrClNO/c1-9(14)6-10(2)16-8-11-7-12(15)4-5-13(11)17-3/h4-5,7,9-10,16H,6,8H2,1-3H3. The molecule has 0 saturated heterocycles. The van der Waals surface area contributed by atoms with Crippen molar-refractivity contribution in [2.75, 3.05) is 7.11 Å². The SMILES string of the molecule is COc1ccc(Cl)cc1CNC(C)CC(C)Br. The molecule has 1 aromatic rings. The van der Waals surface area contributed by atoms with Crippen molar-refractivity contribution < 1.29 is 4.74 Å². The molecule has 0 heterocycles. The van der Waals surface area contributed by atoms with Crippen molar-refractivity contribution >= 4 is 27.5 Å². The van der Waals surface area contributed by atoms with E-state index in [1.807, 2.05) is 18.2 Å². The van der Waals surface area contributed by atoms with Crippen LogP contribution in [0.2, 0.25) is 5.02 Å². The molecule has 17 heavy (non-hydrogen) atoms. The number of halogens is 2. The Kier molecular flexibility index (Phi) is 6.31. The Balaban J connectivity index is 2.58. The molecule has 0 aliphatic heterocycles. The van der Waals surface area contributed by atoms with Crippen molar-refractivity contribution in [3.63, 3.8) is 0 Å². The third kappa shape index (κ3) is 5.28. The molecule has 1 aromatic carbocycles. The minimum atomic E-state index is 0.452. The molecule has 0 aromatic heterocycles. The molecule has 0 bridgehead atoms. The summed E-state index contributed by atoms with van der Waals surface area (Å²) in [6.45, 7) is 5.09. The Labute approximate surface area is 117 Å². The Hall–Kier alpha value is -0.250. The highest BCUT2D eigenvalue weighted by molar-refractivity contribution is 9.09. The number of rotatable bonds is 6. The van der Waals surface area contributed by atoms with Gasteiger partial charge in [0.05, 0.1) is 7.11 Å². The lowest BCUT2D eigenvalue weighted by molar-refractivity contribution is 0.405. The van der Waals surface area contributed by atoms with Crippen LogP contribution in [0.15, 0.2) is 18.2 Å². The average Bonchev–Trinajstić information content (AvgIpc) is 2.25. The van der Waals surface area contributed by atoms with Gasteiger partial charge < -0.3 is 10.1 Å². The summed E-state index contributed by atoms with van der Waals surface area (Å²) in [5, 5.41) is 4.20. The lowest BCUT2D eigenvalue weighted by Gasteiger charge is -2.16. The van der Waals surface area contributed by atoms with Crippen LogP contribution in [0.4, 0.5) is 0 Å². The van der Waals surface area contributed by atoms with E-state index in [1.54, 1.807) is 7.11 Å². The molecule has 0 radical (unpaired) electrons. The maximum atomic E-state index is 5.98. The van der Waals surface area contributed by atoms with Crippen molar-refractivity contribution in [1.29, 1.82) is 0 Å². The van der Waals surface area contributed by atoms with Gasteiger partial charge in [-0.1, -0.05) is 34.5 Å². The van der Waals surface area contributed by atoms with Crippen molar-refractivity contribution in [2.45, 2.75) is 37.7 Å². The highest BCUT2D eigenvalue weighted by Gasteiger charge is 2.08. The lowest BCUT2D eigenvalue weighted by atomic mass is 10.1. The summed E-state index contributed by atoms with van der Waals surface area (Å²) < 4.78 is 5.31. The zero-order chi connectivity index (χ0) is 12.8. The first kappa shape index (κ1) is 14.8. The Morgan fingerprint density at radius 2 is 2.12 bits per heavy atom. The third-order valence-corrected chi connectivity index (χ3v) is 3.17. The van der Waals surface area contributed by atoms with Gasteiger partial charge in [-0.3, -0.25) is 0 Å². The van der Waals surface area contributed by atoms with Gasteiger partial charge in [0, 0.05) is 28.0 Å². The van der Waals surface area contributed by atoms with E-state index in [0.29, 0.717) is 10.9 Å². The topological polar surface area (TPSA) is 21.3 Å². The molecule has 1 N–H and O–H groups in total. The van der Waals surface area contributed by atoms with E-state index in [1.165, 1.54) is 0 Å². The van der Waals surface area contributed by atoms with E-state index in [0.717, 1.165) is 29.3 Å². The molecule has 0 saturated carbocycles. The van der Waals surface area contributed by atoms with Crippen LogP contribution in [-0.2, 0) is 6.54 Å². The van der Waals surface area contributed by atoms with Gasteiger partial charge in [-0.25, -0.2) is 0 Å². The monoisotopic (exact) mass is 319 g/mol. The first-order chi connectivity index (χ1) is 8.02. The Morgan fingerprint density at radius 3 is 2.71 bits per heavy atom. The molecule has 1 rings (SSSR count). The van der Waals surface area contributed by atoms with E-state index in [4.69, 9.17) is 16.3 Å². The fourth-order valence-electron chi connectivity index (χ4n) is 1.74. The normalized spacial score (nSPS) is 14.4. The second-order valence-corrected chi connectivity index (χ2v) is 6.25. The molecule has 2 atom stereocenters. The van der Waals surface area contributed by atoms with E-state index in [-0.39, 0.29) is 0 Å². The number of alkyl halides is 1. The van der Waals surface area contributed by atoms with Gasteiger partial charge >= 0.3 is 0 Å². The highest BCUT2D eigenvalue weighted by atomic mass is 79.9. The van der Waals surface area contributed by atoms with Crippen LogP contribution >= 0.6 is 27.5 Å². The summed E-state index contributed by atoms with van der Waals surface area (Å²) in [7, 11) is 1.68. The number of nitrogens with one attached hydrogen (secondary N) is 1. The van der Waals surface area contributed by atoms with E-state index in [9.17, 15) is 0 Å². The van der Waals surface area contributed by atoms with Crippen LogP contribution in [0.25, 0.3) is 0 Å². The quantitative estimate of drug-likeness (QED) is 0.800.